The number of aliphatic imine (C=N–C) groups is 1. The zero-order chi connectivity index (χ0) is 13.5. The molecule has 1 aromatic carbocycles. The van der Waals surface area contributed by atoms with E-state index in [2.05, 4.69) is 51.1 Å². The van der Waals surface area contributed by atoms with Crippen LogP contribution in [-0.4, -0.2) is 40.5 Å². The Hall–Kier alpha value is -1.31. The van der Waals surface area contributed by atoms with Crippen molar-refractivity contribution in [3.63, 3.8) is 0 Å². The zero-order valence-electron chi connectivity index (χ0n) is 12.1. The monoisotopic (exact) mass is 397 g/mol. The van der Waals surface area contributed by atoms with Crippen molar-refractivity contribution in [2.75, 3.05) is 20.1 Å². The minimum atomic E-state index is 0. The normalized spacial score (nSPS) is 17.8. The van der Waals surface area contributed by atoms with Crippen LogP contribution in [0.2, 0.25) is 0 Å². The molecule has 0 radical (unpaired) electrons. The number of likely N-dealkylation sites (N-methyl/N-ethyl adjacent to an activating group) is 1. The van der Waals surface area contributed by atoms with Crippen molar-refractivity contribution in [2.45, 2.75) is 25.4 Å². The van der Waals surface area contributed by atoms with Crippen LogP contribution in [-0.2, 0) is 6.54 Å². The number of nitrogens with one attached hydrogen (secondary N) is 1. The molecule has 2 aliphatic rings. The first-order chi connectivity index (χ1) is 9.83. The van der Waals surface area contributed by atoms with Gasteiger partial charge >= 0.3 is 0 Å². The number of halogens is 1. The summed E-state index contributed by atoms with van der Waals surface area (Å²) in [6, 6.07) is 9.05. The molecule has 2 heterocycles. The van der Waals surface area contributed by atoms with E-state index >= 15 is 0 Å². The summed E-state index contributed by atoms with van der Waals surface area (Å²) in [5, 5.41) is 3.42. The van der Waals surface area contributed by atoms with Gasteiger partial charge in [0.25, 0.3) is 0 Å². The third kappa shape index (κ3) is 2.73. The Morgan fingerprint density at radius 3 is 2.81 bits per heavy atom. The number of fused-ring (bicyclic) bond motifs is 1. The Bertz CT molecular complexity index is 674. The van der Waals surface area contributed by atoms with Crippen LogP contribution in [0, 0.1) is 0 Å². The van der Waals surface area contributed by atoms with Crippen molar-refractivity contribution in [1.29, 1.82) is 0 Å². The zero-order valence-corrected chi connectivity index (χ0v) is 14.4. The lowest BCUT2D eigenvalue weighted by Crippen LogP contribution is -2.35. The van der Waals surface area contributed by atoms with Crippen molar-refractivity contribution in [2.24, 2.45) is 4.99 Å². The van der Waals surface area contributed by atoms with E-state index in [1.54, 1.807) is 0 Å². The van der Waals surface area contributed by atoms with E-state index in [0.717, 1.165) is 36.9 Å². The molecule has 1 fully saturated rings. The maximum atomic E-state index is 4.79. The van der Waals surface area contributed by atoms with E-state index in [1.807, 2.05) is 0 Å². The summed E-state index contributed by atoms with van der Waals surface area (Å²) in [5.74, 6) is 2.11. The highest BCUT2D eigenvalue weighted by Gasteiger charge is 2.28. The Labute approximate surface area is 141 Å². The van der Waals surface area contributed by atoms with Gasteiger partial charge in [-0.1, -0.05) is 12.1 Å². The van der Waals surface area contributed by atoms with Gasteiger partial charge in [-0.05, 0) is 25.0 Å². The third-order valence-corrected chi connectivity index (χ3v) is 4.04. The van der Waals surface area contributed by atoms with E-state index in [4.69, 9.17) is 4.98 Å². The molecule has 5 nitrogen and oxygen atoms in total. The summed E-state index contributed by atoms with van der Waals surface area (Å²) in [5.41, 5.74) is 2.35. The van der Waals surface area contributed by atoms with Gasteiger partial charge in [0.05, 0.1) is 24.1 Å². The number of guanidine groups is 1. The predicted molar refractivity (Wildman–Crippen MR) is 95.2 cm³/mol. The molecule has 1 aromatic heterocycles. The molecule has 1 aliphatic heterocycles. The fourth-order valence-corrected chi connectivity index (χ4v) is 2.84. The molecule has 1 aliphatic carbocycles. The molecule has 0 unspecified atom stereocenters. The molecule has 21 heavy (non-hydrogen) atoms. The fourth-order valence-electron chi connectivity index (χ4n) is 2.84. The minimum Gasteiger partial charge on any atom is -0.349 e. The highest BCUT2D eigenvalue weighted by atomic mass is 127. The fraction of sp³-hybridized carbons (Fsp3) is 0.467. The Balaban J connectivity index is 0.00000132. The molecule has 2 aromatic rings. The molecular weight excluding hydrogens is 377 g/mol. The SMILES string of the molecule is CN1CCN=C1NCc1nc2ccccc2n1C1CC1.I. The lowest BCUT2D eigenvalue weighted by molar-refractivity contribution is 0.530. The van der Waals surface area contributed by atoms with Gasteiger partial charge < -0.3 is 14.8 Å². The third-order valence-electron chi connectivity index (χ3n) is 4.04. The molecule has 112 valence electrons. The van der Waals surface area contributed by atoms with Crippen molar-refractivity contribution in [3.05, 3.63) is 30.1 Å². The smallest absolute Gasteiger partial charge is 0.194 e. The molecule has 6 heteroatoms. The summed E-state index contributed by atoms with van der Waals surface area (Å²) in [7, 11) is 2.07. The number of para-hydroxylation sites is 2. The van der Waals surface area contributed by atoms with E-state index in [-0.39, 0.29) is 24.0 Å². The van der Waals surface area contributed by atoms with Crippen molar-refractivity contribution in [1.82, 2.24) is 19.8 Å². The Morgan fingerprint density at radius 1 is 1.29 bits per heavy atom. The molecule has 1 N–H and O–H groups in total. The van der Waals surface area contributed by atoms with E-state index in [9.17, 15) is 0 Å². The number of rotatable bonds is 3. The summed E-state index contributed by atoms with van der Waals surface area (Å²) < 4.78 is 2.40. The second-order valence-electron chi connectivity index (χ2n) is 5.60. The van der Waals surface area contributed by atoms with Gasteiger partial charge in [-0.15, -0.1) is 24.0 Å². The number of imidazole rings is 1. The van der Waals surface area contributed by atoms with Crippen LogP contribution in [0.4, 0.5) is 0 Å². The van der Waals surface area contributed by atoms with Crippen LogP contribution in [0.15, 0.2) is 29.3 Å². The first-order valence-corrected chi connectivity index (χ1v) is 7.28. The lowest BCUT2D eigenvalue weighted by atomic mass is 10.3. The van der Waals surface area contributed by atoms with Crippen LogP contribution in [0.5, 0.6) is 0 Å². The topological polar surface area (TPSA) is 45.4 Å². The molecule has 4 rings (SSSR count). The highest BCUT2D eigenvalue weighted by Crippen LogP contribution is 2.38. The molecule has 0 saturated heterocycles. The number of hydrogen-bond donors (Lipinski definition) is 1. The molecule has 1 saturated carbocycles. The van der Waals surface area contributed by atoms with E-state index < -0.39 is 0 Å². The molecule has 0 spiro atoms. The van der Waals surface area contributed by atoms with Crippen LogP contribution < -0.4 is 5.32 Å². The van der Waals surface area contributed by atoms with Gasteiger partial charge in [0.1, 0.15) is 5.82 Å². The maximum Gasteiger partial charge on any atom is 0.194 e. The Kier molecular flexibility index (Phi) is 4.05. The lowest BCUT2D eigenvalue weighted by Gasteiger charge is -2.15. The first kappa shape index (κ1) is 14.6. The van der Waals surface area contributed by atoms with Gasteiger partial charge in [-0.3, -0.25) is 4.99 Å². The first-order valence-electron chi connectivity index (χ1n) is 7.28. The van der Waals surface area contributed by atoms with Gasteiger partial charge in [-0.25, -0.2) is 4.98 Å². The second-order valence-corrected chi connectivity index (χ2v) is 5.60. The summed E-state index contributed by atoms with van der Waals surface area (Å²) in [6.45, 7) is 2.63. The number of hydrogen-bond acceptors (Lipinski definition) is 4. The van der Waals surface area contributed by atoms with Crippen LogP contribution in [0.1, 0.15) is 24.7 Å². The molecule has 0 amide bonds. The molecular formula is C15H20IN5. The Morgan fingerprint density at radius 2 is 2.10 bits per heavy atom. The summed E-state index contributed by atoms with van der Waals surface area (Å²) in [6.07, 6.45) is 2.54. The average molecular weight is 397 g/mol. The van der Waals surface area contributed by atoms with Crippen LogP contribution in [0.3, 0.4) is 0 Å². The maximum absolute atomic E-state index is 4.79. The van der Waals surface area contributed by atoms with E-state index in [1.165, 1.54) is 18.4 Å². The van der Waals surface area contributed by atoms with Gasteiger partial charge in [0.2, 0.25) is 0 Å². The largest absolute Gasteiger partial charge is 0.349 e. The van der Waals surface area contributed by atoms with Crippen molar-refractivity contribution in [3.8, 4) is 0 Å². The summed E-state index contributed by atoms with van der Waals surface area (Å²) in [4.78, 5) is 11.4. The van der Waals surface area contributed by atoms with Crippen molar-refractivity contribution < 1.29 is 0 Å². The second kappa shape index (κ2) is 5.82. The molecule has 0 atom stereocenters. The number of nitrogens with zero attached hydrogens (tertiary/aromatic N) is 4. The van der Waals surface area contributed by atoms with Crippen molar-refractivity contribution >= 4 is 41.0 Å². The predicted octanol–water partition coefficient (Wildman–Crippen LogP) is 2.38. The quantitative estimate of drug-likeness (QED) is 0.810. The average Bonchev–Trinajstić information content (AvgIpc) is 3.10. The van der Waals surface area contributed by atoms with Gasteiger partial charge in [0.15, 0.2) is 5.96 Å². The molecule has 0 bridgehead atoms. The number of aromatic nitrogens is 2. The standard InChI is InChI=1S/C15H19N5.HI/c1-19-9-8-16-15(19)17-10-14-18-12-4-2-3-5-13(12)20(14)11-6-7-11;/h2-5,11H,6-10H2,1H3,(H,16,17);1H. The van der Waals surface area contributed by atoms with Gasteiger partial charge in [0, 0.05) is 19.6 Å². The van der Waals surface area contributed by atoms with Crippen LogP contribution >= 0.6 is 24.0 Å². The highest BCUT2D eigenvalue weighted by molar-refractivity contribution is 14.0. The van der Waals surface area contributed by atoms with Gasteiger partial charge in [-0.2, -0.15) is 0 Å². The number of benzene rings is 1. The minimum absolute atomic E-state index is 0. The van der Waals surface area contributed by atoms with E-state index in [0.29, 0.717) is 6.04 Å². The summed E-state index contributed by atoms with van der Waals surface area (Å²) >= 11 is 0. The van der Waals surface area contributed by atoms with Crippen LogP contribution in [0.25, 0.3) is 11.0 Å².